The Balaban J connectivity index is 1.61. The molecule has 1 saturated heterocycles. The standard InChI is InChI=1S/C28H29ClN2O3S/c1-17(2)30-28-31(18(3)4)27(32)25(35-28)15-19-13-23(29)26(24(14-19)33-5)34-16-21-11-8-10-20-9-6-7-12-22(20)21/h6-15,17-18H,16H2,1-5H3/b25-15+,30-28?. The molecule has 0 saturated carbocycles. The van der Waals surface area contributed by atoms with Crippen LogP contribution in [0.25, 0.3) is 16.8 Å². The van der Waals surface area contributed by atoms with Gasteiger partial charge in [-0.25, -0.2) is 0 Å². The van der Waals surface area contributed by atoms with Crippen LogP contribution in [0, 0.1) is 0 Å². The molecule has 35 heavy (non-hydrogen) atoms. The van der Waals surface area contributed by atoms with Gasteiger partial charge < -0.3 is 9.47 Å². The second-order valence-corrected chi connectivity index (χ2v) is 10.3. The van der Waals surface area contributed by atoms with E-state index in [1.165, 1.54) is 11.8 Å². The molecule has 0 bridgehead atoms. The average Bonchev–Trinajstić information content (AvgIpc) is 3.11. The van der Waals surface area contributed by atoms with Crippen LogP contribution in [0.2, 0.25) is 5.02 Å². The van der Waals surface area contributed by atoms with E-state index >= 15 is 0 Å². The molecule has 5 nitrogen and oxygen atoms in total. The number of amides is 1. The van der Waals surface area contributed by atoms with Crippen molar-refractivity contribution in [3.63, 3.8) is 0 Å². The van der Waals surface area contributed by atoms with Gasteiger partial charge in [0.1, 0.15) is 6.61 Å². The molecule has 0 unspecified atom stereocenters. The van der Waals surface area contributed by atoms with Crippen LogP contribution in [0.1, 0.15) is 38.8 Å². The SMILES string of the molecule is COc1cc(/C=C2/SC(=NC(C)C)N(C(C)C)C2=O)cc(Cl)c1OCc1cccc2ccccc12. The highest BCUT2D eigenvalue weighted by molar-refractivity contribution is 8.18. The first kappa shape index (κ1) is 25.1. The van der Waals surface area contributed by atoms with Crippen LogP contribution >= 0.6 is 23.4 Å². The number of rotatable bonds is 7. The maximum atomic E-state index is 13.1. The molecule has 0 radical (unpaired) electrons. The number of hydrogen-bond acceptors (Lipinski definition) is 5. The summed E-state index contributed by atoms with van der Waals surface area (Å²) >= 11 is 8.02. The van der Waals surface area contributed by atoms with Gasteiger partial charge in [0.15, 0.2) is 16.7 Å². The molecule has 0 spiro atoms. The smallest absolute Gasteiger partial charge is 0.266 e. The highest BCUT2D eigenvalue weighted by Gasteiger charge is 2.35. The number of carbonyl (C=O) groups excluding carboxylic acids is 1. The van der Waals surface area contributed by atoms with Gasteiger partial charge in [0.2, 0.25) is 0 Å². The van der Waals surface area contributed by atoms with Crippen LogP contribution in [0.5, 0.6) is 11.5 Å². The fourth-order valence-corrected chi connectivity index (χ4v) is 5.44. The highest BCUT2D eigenvalue weighted by Crippen LogP contribution is 2.40. The van der Waals surface area contributed by atoms with Crippen molar-refractivity contribution < 1.29 is 14.3 Å². The van der Waals surface area contributed by atoms with E-state index in [-0.39, 0.29) is 18.0 Å². The Labute approximate surface area is 215 Å². The van der Waals surface area contributed by atoms with Crippen molar-refractivity contribution in [2.45, 2.75) is 46.4 Å². The lowest BCUT2D eigenvalue weighted by atomic mass is 10.1. The number of methoxy groups -OCH3 is 1. The maximum absolute atomic E-state index is 13.1. The third kappa shape index (κ3) is 5.49. The van der Waals surface area contributed by atoms with Crippen LogP contribution in [-0.2, 0) is 11.4 Å². The van der Waals surface area contributed by atoms with Crippen molar-refractivity contribution in [1.82, 2.24) is 4.90 Å². The van der Waals surface area contributed by atoms with Crippen molar-refractivity contribution in [3.05, 3.63) is 75.7 Å². The highest BCUT2D eigenvalue weighted by atomic mass is 35.5. The molecule has 1 aliphatic heterocycles. The lowest BCUT2D eigenvalue weighted by Gasteiger charge is -2.20. The van der Waals surface area contributed by atoms with Gasteiger partial charge in [-0.15, -0.1) is 0 Å². The third-order valence-electron chi connectivity index (χ3n) is 5.52. The molecule has 1 aliphatic rings. The Morgan fingerprint density at radius 3 is 2.54 bits per heavy atom. The van der Waals surface area contributed by atoms with E-state index < -0.39 is 0 Å². The van der Waals surface area contributed by atoms with E-state index in [4.69, 9.17) is 21.1 Å². The van der Waals surface area contributed by atoms with E-state index in [1.54, 1.807) is 18.1 Å². The van der Waals surface area contributed by atoms with E-state index in [0.29, 0.717) is 28.0 Å². The minimum absolute atomic E-state index is 0.0152. The predicted molar refractivity (Wildman–Crippen MR) is 146 cm³/mol. The van der Waals surface area contributed by atoms with Gasteiger partial charge >= 0.3 is 0 Å². The summed E-state index contributed by atoms with van der Waals surface area (Å²) in [4.78, 5) is 20.0. The van der Waals surface area contributed by atoms with Crippen molar-refractivity contribution in [2.24, 2.45) is 4.99 Å². The lowest BCUT2D eigenvalue weighted by molar-refractivity contribution is -0.123. The molecule has 1 heterocycles. The third-order valence-corrected chi connectivity index (χ3v) is 6.80. The molecule has 0 aliphatic carbocycles. The number of amidine groups is 1. The molecule has 3 aromatic carbocycles. The molecule has 4 rings (SSSR count). The van der Waals surface area contributed by atoms with Crippen LogP contribution in [0.15, 0.2) is 64.5 Å². The minimum Gasteiger partial charge on any atom is -0.493 e. The largest absolute Gasteiger partial charge is 0.493 e. The summed E-state index contributed by atoms with van der Waals surface area (Å²) in [7, 11) is 1.58. The number of benzene rings is 3. The first-order valence-corrected chi connectivity index (χ1v) is 12.8. The van der Waals surface area contributed by atoms with E-state index in [2.05, 4.69) is 23.2 Å². The number of halogens is 1. The second kappa shape index (κ2) is 10.8. The van der Waals surface area contributed by atoms with Gasteiger partial charge in [0, 0.05) is 12.1 Å². The van der Waals surface area contributed by atoms with Gasteiger partial charge in [-0.3, -0.25) is 14.7 Å². The van der Waals surface area contributed by atoms with Gasteiger partial charge in [-0.05, 0) is 79.6 Å². The molecule has 0 aromatic heterocycles. The van der Waals surface area contributed by atoms with Crippen molar-refractivity contribution in [1.29, 1.82) is 0 Å². The monoisotopic (exact) mass is 508 g/mol. The molecule has 3 aromatic rings. The van der Waals surface area contributed by atoms with Crippen molar-refractivity contribution >= 4 is 51.3 Å². The lowest BCUT2D eigenvalue weighted by Crippen LogP contribution is -2.35. The van der Waals surface area contributed by atoms with Crippen molar-refractivity contribution in [2.75, 3.05) is 7.11 Å². The van der Waals surface area contributed by atoms with Gasteiger partial charge in [-0.2, -0.15) is 0 Å². The number of nitrogens with zero attached hydrogens (tertiary/aromatic N) is 2. The van der Waals surface area contributed by atoms with Crippen molar-refractivity contribution in [3.8, 4) is 11.5 Å². The van der Waals surface area contributed by atoms with Gasteiger partial charge in [0.05, 0.1) is 17.0 Å². The maximum Gasteiger partial charge on any atom is 0.266 e. The quantitative estimate of drug-likeness (QED) is 0.317. The van der Waals surface area contributed by atoms with Crippen LogP contribution in [0.3, 0.4) is 0 Å². The Hall–Kier alpha value is -2.96. The average molecular weight is 509 g/mol. The molecule has 182 valence electrons. The number of thioether (sulfide) groups is 1. The van der Waals surface area contributed by atoms with Gasteiger partial charge in [-0.1, -0.05) is 54.1 Å². The fourth-order valence-electron chi connectivity index (χ4n) is 3.94. The molecule has 1 amide bonds. The van der Waals surface area contributed by atoms with Crippen LogP contribution < -0.4 is 9.47 Å². The van der Waals surface area contributed by atoms with Crippen LogP contribution in [0.4, 0.5) is 0 Å². The molecule has 1 fully saturated rings. The Kier molecular flexibility index (Phi) is 7.72. The molecule has 0 atom stereocenters. The summed E-state index contributed by atoms with van der Waals surface area (Å²) in [6.07, 6.45) is 1.83. The Morgan fingerprint density at radius 1 is 1.09 bits per heavy atom. The predicted octanol–water partition coefficient (Wildman–Crippen LogP) is 7.17. The Bertz CT molecular complexity index is 1310. The normalized spacial score (nSPS) is 16.3. The second-order valence-electron chi connectivity index (χ2n) is 8.85. The number of hydrogen-bond donors (Lipinski definition) is 0. The summed E-state index contributed by atoms with van der Waals surface area (Å²) in [6.45, 7) is 8.32. The zero-order chi connectivity index (χ0) is 25.1. The summed E-state index contributed by atoms with van der Waals surface area (Å²) in [5.41, 5.74) is 1.82. The molecular formula is C28H29ClN2O3S. The molecule has 7 heteroatoms. The fraction of sp³-hybridized carbons (Fsp3) is 0.286. The first-order valence-electron chi connectivity index (χ1n) is 11.6. The van der Waals surface area contributed by atoms with E-state index in [9.17, 15) is 4.79 Å². The summed E-state index contributed by atoms with van der Waals surface area (Å²) in [6, 6.07) is 18.1. The first-order chi connectivity index (χ1) is 16.8. The number of aliphatic imine (C=N–C) groups is 1. The Morgan fingerprint density at radius 2 is 1.83 bits per heavy atom. The van der Waals surface area contributed by atoms with E-state index in [1.807, 2.05) is 64.1 Å². The van der Waals surface area contributed by atoms with Gasteiger partial charge in [0.25, 0.3) is 5.91 Å². The molecule has 0 N–H and O–H groups in total. The van der Waals surface area contributed by atoms with E-state index in [0.717, 1.165) is 27.1 Å². The number of carbonyl (C=O) groups is 1. The number of fused-ring (bicyclic) bond motifs is 1. The summed E-state index contributed by atoms with van der Waals surface area (Å²) < 4.78 is 11.7. The minimum atomic E-state index is -0.0595. The number of ether oxygens (including phenoxy) is 2. The zero-order valence-corrected chi connectivity index (χ0v) is 22.1. The van der Waals surface area contributed by atoms with Crippen LogP contribution in [-0.4, -0.2) is 35.2 Å². The summed E-state index contributed by atoms with van der Waals surface area (Å²) in [5.74, 6) is 0.924. The molecular weight excluding hydrogens is 480 g/mol. The zero-order valence-electron chi connectivity index (χ0n) is 20.5. The summed E-state index contributed by atoms with van der Waals surface area (Å²) in [5, 5.41) is 3.43. The topological polar surface area (TPSA) is 51.1 Å².